The molecule has 0 radical (unpaired) electrons. The first-order valence-corrected chi connectivity index (χ1v) is 41.8. The van der Waals surface area contributed by atoms with Crippen molar-refractivity contribution in [2.45, 2.75) is 329 Å². The van der Waals surface area contributed by atoms with E-state index < -0.39 is 97.5 Å². The quantitative estimate of drug-likeness (QED) is 0.0169. The van der Waals surface area contributed by atoms with Crippen LogP contribution in [-0.2, 0) is 65.4 Å². The lowest BCUT2D eigenvalue weighted by Gasteiger charge is -2.21. The topological polar surface area (TPSA) is 237 Å². The van der Waals surface area contributed by atoms with E-state index in [4.69, 9.17) is 37.0 Å². The maximum atomic E-state index is 13.1. The first-order valence-electron chi connectivity index (χ1n) is 38.8. The van der Waals surface area contributed by atoms with Gasteiger partial charge in [-0.3, -0.25) is 37.3 Å². The highest BCUT2D eigenvalue weighted by Crippen LogP contribution is 2.45. The molecule has 0 saturated carbocycles. The van der Waals surface area contributed by atoms with Crippen LogP contribution in [0.5, 0.6) is 0 Å². The first-order chi connectivity index (χ1) is 48.7. The van der Waals surface area contributed by atoms with Gasteiger partial charge in [-0.05, 0) is 122 Å². The van der Waals surface area contributed by atoms with Gasteiger partial charge in [-0.2, -0.15) is 0 Å². The summed E-state index contributed by atoms with van der Waals surface area (Å²) >= 11 is 0. The summed E-state index contributed by atoms with van der Waals surface area (Å²) in [4.78, 5) is 72.9. The molecule has 0 fully saturated rings. The minimum atomic E-state index is -4.99. The molecule has 0 bridgehead atoms. The van der Waals surface area contributed by atoms with Crippen molar-refractivity contribution in [3.63, 3.8) is 0 Å². The van der Waals surface area contributed by atoms with Gasteiger partial charge in [-0.1, -0.05) is 284 Å². The molecule has 574 valence electrons. The Kier molecular flexibility index (Phi) is 69.5. The van der Waals surface area contributed by atoms with Crippen LogP contribution in [0, 0.1) is 0 Å². The molecule has 0 rings (SSSR count). The van der Waals surface area contributed by atoms with Gasteiger partial charge in [0.15, 0.2) is 12.2 Å². The van der Waals surface area contributed by atoms with Gasteiger partial charge in [-0.25, -0.2) is 9.13 Å². The molecule has 0 aromatic carbocycles. The summed E-state index contributed by atoms with van der Waals surface area (Å²) in [6, 6.07) is 0. The second-order valence-corrected chi connectivity index (χ2v) is 28.4. The number of phosphoric acid groups is 2. The van der Waals surface area contributed by atoms with Gasteiger partial charge in [0.1, 0.15) is 19.3 Å². The molecule has 19 heteroatoms. The Balaban J connectivity index is 5.41. The Morgan fingerprint density at radius 2 is 0.550 bits per heavy atom. The predicted octanol–water partition coefficient (Wildman–Crippen LogP) is 22.3. The summed E-state index contributed by atoms with van der Waals surface area (Å²) < 4.78 is 68.5. The number of allylic oxidation sites excluding steroid dienone is 20. The number of hydrogen-bond donors (Lipinski definition) is 3. The second kappa shape index (κ2) is 72.8. The van der Waals surface area contributed by atoms with Crippen LogP contribution in [0.1, 0.15) is 310 Å². The summed E-state index contributed by atoms with van der Waals surface area (Å²) in [5.41, 5.74) is 0. The van der Waals surface area contributed by atoms with Gasteiger partial charge >= 0.3 is 39.5 Å². The van der Waals surface area contributed by atoms with E-state index in [0.29, 0.717) is 32.1 Å². The smallest absolute Gasteiger partial charge is 0.462 e. The van der Waals surface area contributed by atoms with Crippen molar-refractivity contribution in [3.8, 4) is 0 Å². The number of aliphatic hydroxyl groups excluding tert-OH is 1. The van der Waals surface area contributed by atoms with Crippen LogP contribution in [-0.4, -0.2) is 96.7 Å². The number of unbranched alkanes of at least 4 members (excludes halogenated alkanes) is 26. The van der Waals surface area contributed by atoms with E-state index in [1.807, 2.05) is 12.2 Å². The lowest BCUT2D eigenvalue weighted by atomic mass is 10.0. The summed E-state index contributed by atoms with van der Waals surface area (Å²) in [6.07, 6.45) is 79.0. The summed E-state index contributed by atoms with van der Waals surface area (Å²) in [6.45, 7) is 4.51. The Labute approximate surface area is 606 Å². The summed E-state index contributed by atoms with van der Waals surface area (Å²) in [7, 11) is -9.97. The first kappa shape index (κ1) is 95.5. The van der Waals surface area contributed by atoms with Crippen LogP contribution < -0.4 is 0 Å². The third-order valence-electron chi connectivity index (χ3n) is 15.9. The fraction of sp³-hybridized carbons (Fsp3) is 0.704. The standard InChI is InChI=1S/C81H138O17P2/c1-5-9-13-17-21-25-29-33-35-37-39-43-46-50-54-58-62-66-79(84)92-72-77(98-81(86)68-64-60-56-52-48-44-40-38-36-34-30-26-22-18-14-10-6-2)74-96-100(89,90)94-70-75(82)69-93-99(87,88)95-73-76(97-80(85)67-63-59-55-51-47-42-32-28-24-20-16-12-8-4)71-91-78(83)65-61-57-53-49-45-41-31-27-23-19-15-11-7-3/h9-10,13-15,19,21-22,25-27,31,33-36,39,43,50,54,75-77,82H,5-8,11-12,16-18,20,23-24,28-30,32,37-38,40-42,44-49,51-53,55-74H2,1-4H3,(H,87,88)(H,89,90)/b13-9-,14-10-,19-15-,25-21-,26-22-,31-27-,35-33-,36-34-,43-39-,54-50-. The number of aliphatic hydroxyl groups is 1. The van der Waals surface area contributed by atoms with Crippen LogP contribution in [0.15, 0.2) is 122 Å². The van der Waals surface area contributed by atoms with Crippen molar-refractivity contribution in [2.75, 3.05) is 39.6 Å². The molecular formula is C81H138O17P2. The van der Waals surface area contributed by atoms with Crippen LogP contribution in [0.25, 0.3) is 0 Å². The molecule has 0 amide bonds. The van der Waals surface area contributed by atoms with Crippen LogP contribution in [0.2, 0.25) is 0 Å². The molecule has 5 unspecified atom stereocenters. The number of carbonyl (C=O) groups is 4. The molecule has 0 heterocycles. The molecule has 100 heavy (non-hydrogen) atoms. The highest BCUT2D eigenvalue weighted by atomic mass is 31.2. The van der Waals surface area contributed by atoms with Crippen molar-refractivity contribution >= 4 is 39.5 Å². The van der Waals surface area contributed by atoms with E-state index >= 15 is 0 Å². The predicted molar refractivity (Wildman–Crippen MR) is 408 cm³/mol. The molecule has 0 aromatic heterocycles. The Bertz CT molecular complexity index is 2370. The highest BCUT2D eigenvalue weighted by Gasteiger charge is 2.30. The maximum Gasteiger partial charge on any atom is 0.472 e. The van der Waals surface area contributed by atoms with Gasteiger partial charge in [0.05, 0.1) is 26.4 Å². The number of hydrogen-bond acceptors (Lipinski definition) is 15. The zero-order chi connectivity index (χ0) is 73.2. The van der Waals surface area contributed by atoms with Crippen molar-refractivity contribution in [3.05, 3.63) is 122 Å². The molecule has 0 aliphatic carbocycles. The van der Waals surface area contributed by atoms with Crippen molar-refractivity contribution in [1.82, 2.24) is 0 Å². The molecule has 0 spiro atoms. The van der Waals surface area contributed by atoms with Gasteiger partial charge < -0.3 is 33.8 Å². The van der Waals surface area contributed by atoms with E-state index in [1.165, 1.54) is 51.4 Å². The molecule has 0 aliphatic heterocycles. The van der Waals surface area contributed by atoms with Crippen molar-refractivity contribution in [1.29, 1.82) is 0 Å². The maximum absolute atomic E-state index is 13.1. The third-order valence-corrected chi connectivity index (χ3v) is 17.8. The number of phosphoric ester groups is 2. The summed E-state index contributed by atoms with van der Waals surface area (Å²) in [5, 5.41) is 10.6. The SMILES string of the molecule is CC/C=C\C/C=C\C/C=C\C/C=C\C/C=C\CCCC(=O)OCC(COP(=O)(O)OCC(O)COP(=O)(O)OCC(COC(=O)CCCCCCC/C=C\C/C=C\CCC)OC(=O)CCCCCCCCCCCCCCC)OC(=O)CCCCCCCCC/C=C\C/C=C\C/C=C\CC. The van der Waals surface area contributed by atoms with Gasteiger partial charge in [0.25, 0.3) is 0 Å². The van der Waals surface area contributed by atoms with E-state index in [-0.39, 0.29) is 25.7 Å². The molecule has 17 nitrogen and oxygen atoms in total. The zero-order valence-electron chi connectivity index (χ0n) is 62.6. The average Bonchev–Trinajstić information content (AvgIpc) is 1.15. The fourth-order valence-electron chi connectivity index (χ4n) is 10.1. The van der Waals surface area contributed by atoms with E-state index in [9.17, 15) is 43.2 Å². The average molecular weight is 1450 g/mol. The minimum Gasteiger partial charge on any atom is -0.462 e. The largest absolute Gasteiger partial charge is 0.472 e. The number of esters is 4. The van der Waals surface area contributed by atoms with Crippen LogP contribution in [0.4, 0.5) is 0 Å². The van der Waals surface area contributed by atoms with Gasteiger partial charge in [0.2, 0.25) is 0 Å². The normalized spacial score (nSPS) is 14.6. The monoisotopic (exact) mass is 1440 g/mol. The molecule has 0 aromatic rings. The highest BCUT2D eigenvalue weighted by molar-refractivity contribution is 7.47. The van der Waals surface area contributed by atoms with Crippen molar-refractivity contribution < 1.29 is 80.2 Å². The molecule has 3 N–H and O–H groups in total. The zero-order valence-corrected chi connectivity index (χ0v) is 64.4. The summed E-state index contributed by atoms with van der Waals surface area (Å²) in [5.74, 6) is -2.26. The second-order valence-electron chi connectivity index (χ2n) is 25.5. The minimum absolute atomic E-state index is 0.0691. The van der Waals surface area contributed by atoms with E-state index in [1.54, 1.807) is 0 Å². The Hall–Kier alpha value is -4.54. The molecule has 0 saturated heterocycles. The lowest BCUT2D eigenvalue weighted by Crippen LogP contribution is -2.30. The third kappa shape index (κ3) is 71.8. The van der Waals surface area contributed by atoms with E-state index in [0.717, 1.165) is 173 Å². The Morgan fingerprint density at radius 3 is 0.880 bits per heavy atom. The van der Waals surface area contributed by atoms with Gasteiger partial charge in [0, 0.05) is 25.7 Å². The lowest BCUT2D eigenvalue weighted by molar-refractivity contribution is -0.161. The van der Waals surface area contributed by atoms with Gasteiger partial charge in [-0.15, -0.1) is 0 Å². The molecule has 5 atom stereocenters. The van der Waals surface area contributed by atoms with E-state index in [2.05, 4.69) is 137 Å². The van der Waals surface area contributed by atoms with Crippen LogP contribution in [0.3, 0.4) is 0 Å². The molecule has 0 aliphatic rings. The molecular weight excluding hydrogens is 1310 g/mol. The number of rotatable bonds is 72. The number of carbonyl (C=O) groups excluding carboxylic acids is 4. The fourth-order valence-corrected chi connectivity index (χ4v) is 11.7. The Morgan fingerprint density at radius 1 is 0.290 bits per heavy atom. The van der Waals surface area contributed by atoms with Crippen LogP contribution >= 0.6 is 15.6 Å². The van der Waals surface area contributed by atoms with Crippen molar-refractivity contribution in [2.24, 2.45) is 0 Å². The number of ether oxygens (including phenoxy) is 4.